The molecule has 8 rings (SSSR count). The average Bonchev–Trinajstić information content (AvgIpc) is 3.58. The van der Waals surface area contributed by atoms with E-state index in [1.165, 1.54) is 44.2 Å². The molecular formula is C39H63NO11. The van der Waals surface area contributed by atoms with Gasteiger partial charge in [0.25, 0.3) is 0 Å². The molecule has 0 aromatic carbocycles. The summed E-state index contributed by atoms with van der Waals surface area (Å²) in [6.45, 7) is 10.2. The van der Waals surface area contributed by atoms with E-state index in [-0.39, 0.29) is 11.5 Å². The summed E-state index contributed by atoms with van der Waals surface area (Å²) in [5.74, 6) is 4.47. The van der Waals surface area contributed by atoms with Crippen LogP contribution in [0.15, 0.2) is 11.6 Å². The van der Waals surface area contributed by atoms with Gasteiger partial charge in [0.05, 0.1) is 19.3 Å². The van der Waals surface area contributed by atoms with Crippen LogP contribution in [0.1, 0.15) is 85.5 Å². The molecule has 7 fully saturated rings. The number of piperidine rings is 1. The second-order valence-electron chi connectivity index (χ2n) is 18.4. The Bertz CT molecular complexity index is 1300. The van der Waals surface area contributed by atoms with E-state index in [0.717, 1.165) is 55.0 Å². The summed E-state index contributed by atoms with van der Waals surface area (Å²) >= 11 is 0. The third-order valence-electron chi connectivity index (χ3n) is 16.0. The topological polar surface area (TPSA) is 182 Å². The van der Waals surface area contributed by atoms with E-state index in [1.807, 2.05) is 0 Å². The first kappa shape index (κ1) is 37.2. The van der Waals surface area contributed by atoms with Crippen LogP contribution >= 0.6 is 0 Å². The Balaban J connectivity index is 0.951. The number of allylic oxidation sites excluding steroid dienone is 1. The molecule has 0 bridgehead atoms. The quantitative estimate of drug-likeness (QED) is 0.196. The van der Waals surface area contributed by atoms with Crippen LogP contribution in [-0.2, 0) is 18.9 Å². The van der Waals surface area contributed by atoms with Crippen LogP contribution in [-0.4, -0.2) is 140 Å². The second kappa shape index (κ2) is 13.8. The normalized spacial score (nSPS) is 57.1. The van der Waals surface area contributed by atoms with Gasteiger partial charge in [0.1, 0.15) is 48.8 Å². The highest BCUT2D eigenvalue weighted by molar-refractivity contribution is 5.27. The van der Waals surface area contributed by atoms with Crippen LogP contribution in [0.5, 0.6) is 0 Å². The summed E-state index contributed by atoms with van der Waals surface area (Å²) in [5, 5.41) is 72.9. The molecule has 12 nitrogen and oxygen atoms in total. The molecule has 0 amide bonds. The van der Waals surface area contributed by atoms with E-state index < -0.39 is 74.6 Å². The van der Waals surface area contributed by atoms with Crippen molar-refractivity contribution >= 4 is 0 Å². The molecule has 4 saturated heterocycles. The summed E-state index contributed by atoms with van der Waals surface area (Å²) in [6.07, 6.45) is -2.09. The van der Waals surface area contributed by atoms with Crippen molar-refractivity contribution in [3.05, 3.63) is 11.6 Å². The molecule has 4 aliphatic heterocycles. The first-order valence-electron chi connectivity index (χ1n) is 20.0. The lowest BCUT2D eigenvalue weighted by Crippen LogP contribution is -2.65. The zero-order chi connectivity index (χ0) is 36.1. The van der Waals surface area contributed by atoms with Crippen molar-refractivity contribution in [2.75, 3.05) is 19.8 Å². The van der Waals surface area contributed by atoms with Gasteiger partial charge in [0.2, 0.25) is 0 Å². The van der Waals surface area contributed by atoms with E-state index in [1.54, 1.807) is 0 Å². The number of fused-ring (bicyclic) bond motifs is 9. The van der Waals surface area contributed by atoms with E-state index in [0.29, 0.717) is 23.7 Å². The molecule has 12 heteroatoms. The van der Waals surface area contributed by atoms with Gasteiger partial charge in [-0.1, -0.05) is 39.3 Å². The fourth-order valence-corrected chi connectivity index (χ4v) is 13.3. The standard InChI is InChI=1S/C39H63NO11/c1-18-5-8-25-19(2)29-26(40(25)15-18)14-24-22-7-6-20-13-21(9-11-38(20,3)23(22)10-12-39(24,29)4)48-37-34(47)35(31(44)28(17-42)50-37)51-36-33(46)32(45)30(43)27(16-41)49-36/h6,18-19,21-37,41-47H,5,7-17H2,1-4H3/t18-,19+,21-,22-,23+,24+,25+,26-,27-,28+,29-,30+,31+,32-,33-,34-,35-,36+,37-,38-,39-/m0/s1. The van der Waals surface area contributed by atoms with Gasteiger partial charge in [-0.3, -0.25) is 4.90 Å². The summed E-state index contributed by atoms with van der Waals surface area (Å²) in [7, 11) is 0. The highest BCUT2D eigenvalue weighted by atomic mass is 16.7. The maximum absolute atomic E-state index is 11.4. The van der Waals surface area contributed by atoms with Crippen LogP contribution in [0.2, 0.25) is 0 Å². The van der Waals surface area contributed by atoms with E-state index >= 15 is 0 Å². The van der Waals surface area contributed by atoms with Gasteiger partial charge < -0.3 is 54.7 Å². The SMILES string of the molecule is C[C@H]1CC[C@@H]2[C@@H](C)[C@H]3[C@H](C[C@@H]4[C@H]5CC=C6C[C@@H](O[C@H]7O[C@H](CO)[C@@H](O)[C@H](O[C@H]8O[C@@H](CO)[C@@H](O)[C@H](O)[C@@H]8O)[C@@H]7O)CC[C@]6(C)[C@@H]5CC[C@]34C)N2C1. The van der Waals surface area contributed by atoms with Crippen molar-refractivity contribution < 1.29 is 54.7 Å². The summed E-state index contributed by atoms with van der Waals surface area (Å²) in [5.41, 5.74) is 1.93. The van der Waals surface area contributed by atoms with Crippen molar-refractivity contribution in [3.63, 3.8) is 0 Å². The molecule has 0 radical (unpaired) electrons. The summed E-state index contributed by atoms with van der Waals surface area (Å²) < 4.78 is 23.6. The molecule has 0 unspecified atom stereocenters. The molecule has 51 heavy (non-hydrogen) atoms. The monoisotopic (exact) mass is 721 g/mol. The highest BCUT2D eigenvalue weighted by Crippen LogP contribution is 2.70. The molecule has 0 aromatic rings. The van der Waals surface area contributed by atoms with Crippen LogP contribution in [0.4, 0.5) is 0 Å². The van der Waals surface area contributed by atoms with Crippen molar-refractivity contribution in [3.8, 4) is 0 Å². The smallest absolute Gasteiger partial charge is 0.187 e. The average molecular weight is 722 g/mol. The molecule has 4 aliphatic carbocycles. The molecule has 8 aliphatic rings. The molecular weight excluding hydrogens is 658 g/mol. The Kier molecular flexibility index (Phi) is 10.0. The van der Waals surface area contributed by atoms with E-state index in [4.69, 9.17) is 18.9 Å². The zero-order valence-corrected chi connectivity index (χ0v) is 30.7. The lowest BCUT2D eigenvalue weighted by molar-refractivity contribution is -0.364. The van der Waals surface area contributed by atoms with Gasteiger partial charge in [0, 0.05) is 18.6 Å². The van der Waals surface area contributed by atoms with Gasteiger partial charge in [0.15, 0.2) is 12.6 Å². The first-order chi connectivity index (χ1) is 24.3. The Morgan fingerprint density at radius 3 is 2.22 bits per heavy atom. The molecule has 290 valence electrons. The Labute approximate surface area is 302 Å². The minimum absolute atomic E-state index is 0.0974. The predicted octanol–water partition coefficient (Wildman–Crippen LogP) is 1.30. The van der Waals surface area contributed by atoms with E-state index in [9.17, 15) is 35.7 Å². The third-order valence-corrected chi connectivity index (χ3v) is 16.0. The third kappa shape index (κ3) is 5.84. The maximum atomic E-state index is 11.4. The highest BCUT2D eigenvalue weighted by Gasteiger charge is 2.66. The molecule has 4 heterocycles. The van der Waals surface area contributed by atoms with Crippen molar-refractivity contribution in [1.82, 2.24) is 4.90 Å². The van der Waals surface area contributed by atoms with Gasteiger partial charge in [-0.25, -0.2) is 0 Å². The predicted molar refractivity (Wildman–Crippen MR) is 184 cm³/mol. The Morgan fingerprint density at radius 2 is 1.49 bits per heavy atom. The second-order valence-corrected chi connectivity index (χ2v) is 18.4. The fraction of sp³-hybridized carbons (Fsp3) is 0.949. The van der Waals surface area contributed by atoms with Crippen LogP contribution in [0.3, 0.4) is 0 Å². The first-order valence-corrected chi connectivity index (χ1v) is 20.0. The van der Waals surface area contributed by atoms with Gasteiger partial charge in [-0.05, 0) is 104 Å². The van der Waals surface area contributed by atoms with Crippen LogP contribution < -0.4 is 0 Å². The number of aliphatic hydroxyl groups is 7. The minimum Gasteiger partial charge on any atom is -0.394 e. The van der Waals surface area contributed by atoms with Gasteiger partial charge >= 0.3 is 0 Å². The summed E-state index contributed by atoms with van der Waals surface area (Å²) in [4.78, 5) is 2.96. The maximum Gasteiger partial charge on any atom is 0.187 e. The lowest BCUT2D eigenvalue weighted by atomic mass is 9.47. The zero-order valence-electron chi connectivity index (χ0n) is 30.7. The number of aliphatic hydroxyl groups excluding tert-OH is 7. The molecule has 7 N–H and O–H groups in total. The number of hydrogen-bond donors (Lipinski definition) is 7. The minimum atomic E-state index is -1.72. The molecule has 21 atom stereocenters. The van der Waals surface area contributed by atoms with Crippen LogP contribution in [0.25, 0.3) is 0 Å². The number of ether oxygens (including phenoxy) is 4. The molecule has 0 aromatic heterocycles. The number of rotatable bonds is 6. The molecule has 3 saturated carbocycles. The van der Waals surface area contributed by atoms with E-state index in [2.05, 4.69) is 38.7 Å². The molecule has 0 spiro atoms. The van der Waals surface area contributed by atoms with Crippen LogP contribution in [0, 0.1) is 46.3 Å². The largest absolute Gasteiger partial charge is 0.394 e. The van der Waals surface area contributed by atoms with Crippen molar-refractivity contribution in [2.45, 2.75) is 165 Å². The lowest BCUT2D eigenvalue weighted by Gasteiger charge is -2.58. The van der Waals surface area contributed by atoms with Gasteiger partial charge in [-0.2, -0.15) is 0 Å². The number of hydrogen-bond acceptors (Lipinski definition) is 12. The summed E-state index contributed by atoms with van der Waals surface area (Å²) in [6, 6.07) is 1.51. The Hall–Kier alpha value is -0.740. The Morgan fingerprint density at radius 1 is 0.784 bits per heavy atom. The fourth-order valence-electron chi connectivity index (χ4n) is 13.3. The van der Waals surface area contributed by atoms with Gasteiger partial charge in [-0.15, -0.1) is 0 Å². The van der Waals surface area contributed by atoms with Crippen molar-refractivity contribution in [1.29, 1.82) is 0 Å². The number of nitrogens with zero attached hydrogens (tertiary/aromatic N) is 1. The van der Waals surface area contributed by atoms with Crippen molar-refractivity contribution in [2.24, 2.45) is 46.3 Å².